The number of rotatable bonds is 7. The molecule has 0 aliphatic heterocycles. The lowest BCUT2D eigenvalue weighted by Crippen LogP contribution is -2.28. The highest BCUT2D eigenvalue weighted by molar-refractivity contribution is 7.91. The molecule has 0 unspecified atom stereocenters. The molecule has 0 radical (unpaired) electrons. The van der Waals surface area contributed by atoms with Gasteiger partial charge in [-0.25, -0.2) is 18.4 Å². The molecule has 1 saturated carbocycles. The van der Waals surface area contributed by atoms with Crippen LogP contribution in [0.15, 0.2) is 83.1 Å². The summed E-state index contributed by atoms with van der Waals surface area (Å²) in [7, 11) is -4.07. The van der Waals surface area contributed by atoms with E-state index in [-0.39, 0.29) is 28.0 Å². The molecule has 0 saturated heterocycles. The summed E-state index contributed by atoms with van der Waals surface area (Å²) in [5, 5.41) is 20.8. The van der Waals surface area contributed by atoms with Crippen molar-refractivity contribution >= 4 is 21.4 Å². The number of aromatic nitrogens is 3. The standard InChI is InChI=1S/C27H28N6O3S/c28-26(29)19-8-4-7-18(15-19)24-22(32-20-9-11-21(34)12-10-20)16-31-27(33-24)37(35,36)23-13-14-30-25(23)17-5-2-1-3-6-17/h1-8,13-16,20-21,30,32,34H,9-12H2,(H3,28,29). The van der Waals surface area contributed by atoms with Gasteiger partial charge in [-0.15, -0.1) is 0 Å². The number of hydrogen-bond donors (Lipinski definition) is 5. The van der Waals surface area contributed by atoms with Crippen molar-refractivity contribution < 1.29 is 13.5 Å². The van der Waals surface area contributed by atoms with Gasteiger partial charge in [0.15, 0.2) is 0 Å². The molecule has 4 aromatic rings. The molecule has 1 aliphatic rings. The van der Waals surface area contributed by atoms with Crippen LogP contribution in [-0.4, -0.2) is 46.5 Å². The number of nitrogens with zero attached hydrogens (tertiary/aromatic N) is 2. The van der Waals surface area contributed by atoms with Crippen LogP contribution in [0.4, 0.5) is 5.69 Å². The van der Waals surface area contributed by atoms with Crippen LogP contribution < -0.4 is 11.1 Å². The fourth-order valence-electron chi connectivity index (χ4n) is 4.60. The van der Waals surface area contributed by atoms with Crippen LogP contribution in [0.3, 0.4) is 0 Å². The Morgan fingerprint density at radius 1 is 1.03 bits per heavy atom. The predicted molar refractivity (Wildman–Crippen MR) is 142 cm³/mol. The lowest BCUT2D eigenvalue weighted by atomic mass is 9.93. The molecule has 0 bridgehead atoms. The van der Waals surface area contributed by atoms with Gasteiger partial charge in [0.25, 0.3) is 5.16 Å². The molecule has 5 rings (SSSR count). The average molecular weight is 517 g/mol. The maximum absolute atomic E-state index is 13.7. The zero-order chi connectivity index (χ0) is 26.0. The summed E-state index contributed by atoms with van der Waals surface area (Å²) in [6.45, 7) is 0. The number of anilines is 1. The van der Waals surface area contributed by atoms with Gasteiger partial charge in [0.1, 0.15) is 10.7 Å². The molecule has 2 aromatic heterocycles. The van der Waals surface area contributed by atoms with Crippen molar-refractivity contribution in [3.63, 3.8) is 0 Å². The van der Waals surface area contributed by atoms with Gasteiger partial charge in [-0.2, -0.15) is 0 Å². The second-order valence-corrected chi connectivity index (χ2v) is 11.0. The first-order valence-corrected chi connectivity index (χ1v) is 13.6. The lowest BCUT2D eigenvalue weighted by molar-refractivity contribution is 0.126. The van der Waals surface area contributed by atoms with Gasteiger partial charge in [-0.3, -0.25) is 5.41 Å². The molecule has 10 heteroatoms. The van der Waals surface area contributed by atoms with Crippen molar-refractivity contribution in [3.05, 3.63) is 78.6 Å². The van der Waals surface area contributed by atoms with Gasteiger partial charge >= 0.3 is 0 Å². The van der Waals surface area contributed by atoms with E-state index in [0.717, 1.165) is 18.4 Å². The van der Waals surface area contributed by atoms with Crippen LogP contribution >= 0.6 is 0 Å². The van der Waals surface area contributed by atoms with E-state index in [4.69, 9.17) is 11.1 Å². The number of nitrogens with two attached hydrogens (primary N) is 1. The second-order valence-electron chi connectivity index (χ2n) is 9.15. The highest BCUT2D eigenvalue weighted by Crippen LogP contribution is 2.33. The largest absolute Gasteiger partial charge is 0.393 e. The van der Waals surface area contributed by atoms with Crippen molar-refractivity contribution in [1.29, 1.82) is 5.41 Å². The summed E-state index contributed by atoms with van der Waals surface area (Å²) < 4.78 is 27.5. The van der Waals surface area contributed by atoms with Gasteiger partial charge in [0, 0.05) is 23.4 Å². The van der Waals surface area contributed by atoms with Crippen LogP contribution in [0, 0.1) is 5.41 Å². The quantitative estimate of drug-likeness (QED) is 0.141. The maximum atomic E-state index is 13.7. The fraction of sp³-hybridized carbons (Fsp3) is 0.222. The minimum absolute atomic E-state index is 0.0871. The topological polar surface area (TPSA) is 158 Å². The van der Waals surface area contributed by atoms with Crippen LogP contribution in [0.25, 0.3) is 22.5 Å². The minimum atomic E-state index is -4.07. The highest BCUT2D eigenvalue weighted by atomic mass is 32.2. The summed E-state index contributed by atoms with van der Waals surface area (Å²) in [6.07, 6.45) is 5.71. The molecule has 1 fully saturated rings. The van der Waals surface area contributed by atoms with E-state index < -0.39 is 9.84 Å². The van der Waals surface area contributed by atoms with E-state index in [2.05, 4.69) is 20.3 Å². The summed E-state index contributed by atoms with van der Waals surface area (Å²) in [6, 6.07) is 17.8. The molecule has 0 spiro atoms. The Balaban J connectivity index is 1.59. The highest BCUT2D eigenvalue weighted by Gasteiger charge is 2.28. The lowest BCUT2D eigenvalue weighted by Gasteiger charge is -2.27. The number of aliphatic hydroxyl groups is 1. The minimum Gasteiger partial charge on any atom is -0.393 e. The van der Waals surface area contributed by atoms with E-state index in [1.807, 2.05) is 30.3 Å². The molecule has 6 N–H and O–H groups in total. The smallest absolute Gasteiger partial charge is 0.252 e. The Hall–Kier alpha value is -4.02. The third-order valence-electron chi connectivity index (χ3n) is 6.57. The molecule has 1 aliphatic carbocycles. The number of benzene rings is 2. The van der Waals surface area contributed by atoms with Crippen LogP contribution in [0.1, 0.15) is 31.2 Å². The zero-order valence-corrected chi connectivity index (χ0v) is 20.9. The third-order valence-corrected chi connectivity index (χ3v) is 8.17. The summed E-state index contributed by atoms with van der Waals surface area (Å²) in [4.78, 5) is 11.9. The van der Waals surface area contributed by atoms with E-state index in [0.29, 0.717) is 41.0 Å². The third kappa shape index (κ3) is 5.11. The maximum Gasteiger partial charge on any atom is 0.252 e. The van der Waals surface area contributed by atoms with E-state index >= 15 is 0 Å². The van der Waals surface area contributed by atoms with Crippen LogP contribution in [0.5, 0.6) is 0 Å². The first kappa shape index (κ1) is 24.7. The van der Waals surface area contributed by atoms with Crippen molar-refractivity contribution in [2.75, 3.05) is 5.32 Å². The number of hydrogen-bond acceptors (Lipinski definition) is 7. The van der Waals surface area contributed by atoms with Crippen LogP contribution in [-0.2, 0) is 9.84 Å². The summed E-state index contributed by atoms with van der Waals surface area (Å²) in [5.41, 5.74) is 9.01. The van der Waals surface area contributed by atoms with Crippen molar-refractivity contribution in [2.24, 2.45) is 5.73 Å². The average Bonchev–Trinajstić information content (AvgIpc) is 3.42. The van der Waals surface area contributed by atoms with Gasteiger partial charge in [-0.05, 0) is 43.4 Å². The molecule has 0 amide bonds. The summed E-state index contributed by atoms with van der Waals surface area (Å²) in [5.74, 6) is -0.0978. The first-order chi connectivity index (χ1) is 17.8. The first-order valence-electron chi connectivity index (χ1n) is 12.1. The fourth-order valence-corrected chi connectivity index (χ4v) is 5.90. The van der Waals surface area contributed by atoms with Crippen molar-refractivity contribution in [2.45, 2.75) is 47.9 Å². The van der Waals surface area contributed by atoms with Crippen molar-refractivity contribution in [3.8, 4) is 22.5 Å². The molecule has 37 heavy (non-hydrogen) atoms. The number of aliphatic hydroxyl groups excluding tert-OH is 1. The molecule has 2 aromatic carbocycles. The number of sulfone groups is 1. The van der Waals surface area contributed by atoms with E-state index in [1.54, 1.807) is 30.5 Å². The molecular formula is C27H28N6O3S. The van der Waals surface area contributed by atoms with Gasteiger partial charge in [0.05, 0.1) is 29.4 Å². The molecule has 2 heterocycles. The number of amidine groups is 1. The normalized spacial score (nSPS) is 17.9. The van der Waals surface area contributed by atoms with E-state index in [1.165, 1.54) is 12.3 Å². The Morgan fingerprint density at radius 3 is 2.49 bits per heavy atom. The Kier molecular flexibility index (Phi) is 6.77. The number of nitrogen functional groups attached to an aromatic ring is 1. The molecule has 9 nitrogen and oxygen atoms in total. The second kappa shape index (κ2) is 10.2. The zero-order valence-electron chi connectivity index (χ0n) is 20.1. The number of nitrogens with one attached hydrogen (secondary N) is 3. The van der Waals surface area contributed by atoms with Gasteiger partial charge in [0.2, 0.25) is 9.84 Å². The SMILES string of the molecule is N=C(N)c1cccc(-c2nc(S(=O)(=O)c3cc[nH]c3-c3ccccc3)ncc2NC2CCC(O)CC2)c1. The summed E-state index contributed by atoms with van der Waals surface area (Å²) >= 11 is 0. The van der Waals surface area contributed by atoms with Crippen LogP contribution in [0.2, 0.25) is 0 Å². The Labute approximate surface area is 215 Å². The number of aromatic amines is 1. The van der Waals surface area contributed by atoms with Gasteiger partial charge < -0.3 is 21.1 Å². The molecule has 190 valence electrons. The Bertz CT molecular complexity index is 1530. The van der Waals surface area contributed by atoms with E-state index in [9.17, 15) is 13.5 Å². The molecule has 0 atom stereocenters. The predicted octanol–water partition coefficient (Wildman–Crippen LogP) is 3.97. The van der Waals surface area contributed by atoms with Gasteiger partial charge in [-0.1, -0.05) is 48.5 Å². The number of H-pyrrole nitrogens is 1. The monoisotopic (exact) mass is 516 g/mol. The molecular weight excluding hydrogens is 488 g/mol. The van der Waals surface area contributed by atoms with Crippen molar-refractivity contribution in [1.82, 2.24) is 15.0 Å². The Morgan fingerprint density at radius 2 is 1.76 bits per heavy atom.